The average Bonchev–Trinajstić information content (AvgIpc) is 3.54. The van der Waals surface area contributed by atoms with Crippen molar-refractivity contribution in [3.8, 4) is 17.2 Å². The van der Waals surface area contributed by atoms with E-state index in [0.29, 0.717) is 33.7 Å². The van der Waals surface area contributed by atoms with Crippen LogP contribution in [-0.2, 0) is 6.54 Å². The Morgan fingerprint density at radius 2 is 1.81 bits per heavy atom. The van der Waals surface area contributed by atoms with Gasteiger partial charge < -0.3 is 14.1 Å². The fraction of sp³-hybridized carbons (Fsp3) is 0.208. The fourth-order valence-electron chi connectivity index (χ4n) is 3.67. The highest BCUT2D eigenvalue weighted by Gasteiger charge is 2.35. The third-order valence-electron chi connectivity index (χ3n) is 5.42. The highest BCUT2D eigenvalue weighted by atomic mass is 35.5. The second-order valence-corrected chi connectivity index (χ2v) is 7.95. The maximum Gasteiger partial charge on any atom is 0.258 e. The van der Waals surface area contributed by atoms with E-state index in [1.54, 1.807) is 18.1 Å². The standard InChI is InChI=1S/C24H20ClN3O3/c1-30-21-13-16-7-3-2-6-15(16)12-19(21)24(29)28(17-10-11-17)14-22-26-27-23(31-22)18-8-4-5-9-20(18)25/h2-9,12-13,17H,10-11,14H2,1H3. The van der Waals surface area contributed by atoms with Crippen LogP contribution in [0.3, 0.4) is 0 Å². The molecule has 1 fully saturated rings. The predicted octanol–water partition coefficient (Wildman–Crippen LogP) is 5.36. The van der Waals surface area contributed by atoms with Crippen molar-refractivity contribution in [3.63, 3.8) is 0 Å². The van der Waals surface area contributed by atoms with Crippen LogP contribution >= 0.6 is 11.6 Å². The number of carbonyl (C=O) groups is 1. The summed E-state index contributed by atoms with van der Waals surface area (Å²) >= 11 is 6.24. The molecular weight excluding hydrogens is 414 g/mol. The molecule has 1 amide bonds. The molecule has 0 aliphatic heterocycles. The van der Waals surface area contributed by atoms with Crippen LogP contribution in [0.15, 0.2) is 65.1 Å². The predicted molar refractivity (Wildman–Crippen MR) is 118 cm³/mol. The van der Waals surface area contributed by atoms with Crippen molar-refractivity contribution in [1.29, 1.82) is 0 Å². The van der Waals surface area contributed by atoms with Crippen molar-refractivity contribution in [2.24, 2.45) is 0 Å². The Labute approximate surface area is 184 Å². The SMILES string of the molecule is COc1cc2ccccc2cc1C(=O)N(Cc1nnc(-c2ccccc2Cl)o1)C1CC1. The van der Waals surface area contributed by atoms with Crippen LogP contribution in [0, 0.1) is 0 Å². The molecule has 6 nitrogen and oxygen atoms in total. The minimum absolute atomic E-state index is 0.109. The lowest BCUT2D eigenvalue weighted by atomic mass is 10.0. The number of hydrogen-bond acceptors (Lipinski definition) is 5. The van der Waals surface area contributed by atoms with Crippen LogP contribution in [0.1, 0.15) is 29.1 Å². The van der Waals surface area contributed by atoms with E-state index in [4.69, 9.17) is 20.8 Å². The van der Waals surface area contributed by atoms with Crippen LogP contribution in [0.5, 0.6) is 5.75 Å². The molecule has 1 saturated carbocycles. The molecule has 0 N–H and O–H groups in total. The van der Waals surface area contributed by atoms with Crippen LogP contribution < -0.4 is 4.74 Å². The molecule has 0 radical (unpaired) electrons. The van der Waals surface area contributed by atoms with Crippen molar-refractivity contribution < 1.29 is 13.9 Å². The first kappa shape index (κ1) is 19.6. The summed E-state index contributed by atoms with van der Waals surface area (Å²) in [5, 5.41) is 10.8. The van der Waals surface area contributed by atoms with Crippen LogP contribution in [0.25, 0.3) is 22.2 Å². The minimum atomic E-state index is -0.109. The molecule has 156 valence electrons. The Bertz CT molecular complexity index is 1270. The molecule has 0 atom stereocenters. The lowest BCUT2D eigenvalue weighted by molar-refractivity contribution is 0.0711. The summed E-state index contributed by atoms with van der Waals surface area (Å²) in [6, 6.07) is 19.1. The van der Waals surface area contributed by atoms with Gasteiger partial charge in [0.15, 0.2) is 0 Å². The van der Waals surface area contributed by atoms with Gasteiger partial charge in [-0.2, -0.15) is 0 Å². The van der Waals surface area contributed by atoms with Crippen molar-refractivity contribution in [1.82, 2.24) is 15.1 Å². The van der Waals surface area contributed by atoms with Gasteiger partial charge in [-0.3, -0.25) is 4.79 Å². The number of ether oxygens (including phenoxy) is 1. The molecule has 5 rings (SSSR count). The zero-order valence-electron chi connectivity index (χ0n) is 16.9. The van der Waals surface area contributed by atoms with E-state index < -0.39 is 0 Å². The minimum Gasteiger partial charge on any atom is -0.496 e. The molecule has 7 heteroatoms. The van der Waals surface area contributed by atoms with Gasteiger partial charge in [0, 0.05) is 6.04 Å². The second-order valence-electron chi connectivity index (χ2n) is 7.54. The second kappa shape index (κ2) is 8.04. The number of benzene rings is 3. The van der Waals surface area contributed by atoms with E-state index >= 15 is 0 Å². The summed E-state index contributed by atoms with van der Waals surface area (Å²) in [5.74, 6) is 1.15. The first-order valence-electron chi connectivity index (χ1n) is 10.1. The van der Waals surface area contributed by atoms with Gasteiger partial charge in [0.25, 0.3) is 5.91 Å². The third kappa shape index (κ3) is 3.86. The van der Waals surface area contributed by atoms with Gasteiger partial charge in [0.2, 0.25) is 11.8 Å². The lowest BCUT2D eigenvalue weighted by Gasteiger charge is -2.22. The van der Waals surface area contributed by atoms with Crippen LogP contribution in [0.4, 0.5) is 0 Å². The molecule has 1 aliphatic rings. The van der Waals surface area contributed by atoms with E-state index in [1.807, 2.05) is 54.6 Å². The topological polar surface area (TPSA) is 68.5 Å². The molecule has 3 aromatic carbocycles. The summed E-state index contributed by atoms with van der Waals surface area (Å²) in [5.41, 5.74) is 1.20. The van der Waals surface area contributed by atoms with Crippen molar-refractivity contribution in [2.45, 2.75) is 25.4 Å². The number of rotatable bonds is 6. The first-order chi connectivity index (χ1) is 15.1. The summed E-state index contributed by atoms with van der Waals surface area (Å²) in [7, 11) is 1.58. The largest absolute Gasteiger partial charge is 0.496 e. The van der Waals surface area contributed by atoms with E-state index in [2.05, 4.69) is 10.2 Å². The quantitative estimate of drug-likeness (QED) is 0.409. The molecule has 1 heterocycles. The first-order valence-corrected chi connectivity index (χ1v) is 10.5. The monoisotopic (exact) mass is 433 g/mol. The van der Waals surface area contributed by atoms with Crippen molar-refractivity contribution in [3.05, 3.63) is 77.1 Å². The molecule has 1 aromatic heterocycles. The van der Waals surface area contributed by atoms with E-state index in [-0.39, 0.29) is 18.5 Å². The molecule has 0 unspecified atom stereocenters. The zero-order valence-corrected chi connectivity index (χ0v) is 17.7. The number of carbonyl (C=O) groups excluding carboxylic acids is 1. The Balaban J connectivity index is 1.45. The molecule has 1 aliphatic carbocycles. The maximum atomic E-state index is 13.5. The van der Waals surface area contributed by atoms with E-state index in [9.17, 15) is 4.79 Å². The van der Waals surface area contributed by atoms with Crippen molar-refractivity contribution in [2.75, 3.05) is 7.11 Å². The lowest BCUT2D eigenvalue weighted by Crippen LogP contribution is -2.33. The summed E-state index contributed by atoms with van der Waals surface area (Å²) in [4.78, 5) is 15.3. The zero-order chi connectivity index (χ0) is 21.4. The highest BCUT2D eigenvalue weighted by molar-refractivity contribution is 6.33. The molecule has 31 heavy (non-hydrogen) atoms. The van der Waals surface area contributed by atoms with Gasteiger partial charge in [0.1, 0.15) is 5.75 Å². The Morgan fingerprint density at radius 3 is 2.52 bits per heavy atom. The number of aromatic nitrogens is 2. The number of methoxy groups -OCH3 is 1. The van der Waals surface area contributed by atoms with Gasteiger partial charge in [-0.25, -0.2) is 0 Å². The summed E-state index contributed by atoms with van der Waals surface area (Å²) in [6.07, 6.45) is 1.90. The van der Waals surface area contributed by atoms with Crippen LogP contribution in [-0.4, -0.2) is 34.2 Å². The van der Waals surface area contributed by atoms with Crippen LogP contribution in [0.2, 0.25) is 5.02 Å². The van der Waals surface area contributed by atoms with Gasteiger partial charge in [-0.1, -0.05) is 48.0 Å². The molecule has 0 bridgehead atoms. The fourth-order valence-corrected chi connectivity index (χ4v) is 3.89. The summed E-state index contributed by atoms with van der Waals surface area (Å²) < 4.78 is 11.4. The Kier molecular flexibility index (Phi) is 5.08. The molecule has 0 saturated heterocycles. The molecule has 0 spiro atoms. The molecular formula is C24H20ClN3O3. The number of fused-ring (bicyclic) bond motifs is 1. The maximum absolute atomic E-state index is 13.5. The average molecular weight is 434 g/mol. The Morgan fingerprint density at radius 1 is 1.10 bits per heavy atom. The molecule has 4 aromatic rings. The summed E-state index contributed by atoms with van der Waals surface area (Å²) in [6.45, 7) is 0.233. The number of nitrogens with zero attached hydrogens (tertiary/aromatic N) is 3. The number of halogens is 1. The Hall–Kier alpha value is -3.38. The van der Waals surface area contributed by atoms with Gasteiger partial charge in [-0.05, 0) is 47.9 Å². The van der Waals surface area contributed by atoms with E-state index in [1.165, 1.54) is 0 Å². The van der Waals surface area contributed by atoms with Gasteiger partial charge in [0.05, 0.1) is 29.8 Å². The highest BCUT2D eigenvalue weighted by Crippen LogP contribution is 2.34. The smallest absolute Gasteiger partial charge is 0.258 e. The van der Waals surface area contributed by atoms with E-state index in [0.717, 1.165) is 23.6 Å². The normalized spacial score (nSPS) is 13.4. The van der Waals surface area contributed by atoms with Gasteiger partial charge >= 0.3 is 0 Å². The van der Waals surface area contributed by atoms with Gasteiger partial charge in [-0.15, -0.1) is 10.2 Å². The number of hydrogen-bond donors (Lipinski definition) is 0. The van der Waals surface area contributed by atoms with Crippen molar-refractivity contribution >= 4 is 28.3 Å². The number of amides is 1. The third-order valence-corrected chi connectivity index (χ3v) is 5.75.